The molecule has 23 heavy (non-hydrogen) atoms. The van der Waals surface area contributed by atoms with Crippen LogP contribution < -0.4 is 4.74 Å². The number of carbonyl (C=O) groups is 1. The molecule has 112 valence electrons. The highest BCUT2D eigenvalue weighted by atomic mass is 16.5. The first-order valence-electron chi connectivity index (χ1n) is 7.17. The molecule has 3 rings (SSSR count). The van der Waals surface area contributed by atoms with Crippen LogP contribution in [0.15, 0.2) is 66.7 Å². The molecular formula is C20H15NO2. The van der Waals surface area contributed by atoms with Gasteiger partial charge in [-0.25, -0.2) is 0 Å². The summed E-state index contributed by atoms with van der Waals surface area (Å²) in [6.45, 7) is 4.06. The highest BCUT2D eigenvalue weighted by Gasteiger charge is 2.12. The van der Waals surface area contributed by atoms with Crippen molar-refractivity contribution in [3.05, 3.63) is 78.0 Å². The van der Waals surface area contributed by atoms with Crippen molar-refractivity contribution in [2.75, 3.05) is 0 Å². The highest BCUT2D eigenvalue weighted by Crippen LogP contribution is 2.23. The van der Waals surface area contributed by atoms with Crippen LogP contribution >= 0.6 is 0 Å². The van der Waals surface area contributed by atoms with Gasteiger partial charge in [-0.05, 0) is 23.8 Å². The van der Waals surface area contributed by atoms with E-state index < -0.39 is 0 Å². The number of benzene rings is 2. The lowest BCUT2D eigenvalue weighted by molar-refractivity contribution is 0.103. The van der Waals surface area contributed by atoms with E-state index in [9.17, 15) is 4.79 Å². The van der Waals surface area contributed by atoms with E-state index in [0.717, 1.165) is 22.2 Å². The van der Waals surface area contributed by atoms with Crippen LogP contribution in [0, 0.1) is 12.3 Å². The molecule has 0 aliphatic carbocycles. The zero-order valence-corrected chi connectivity index (χ0v) is 12.5. The van der Waals surface area contributed by atoms with Gasteiger partial charge in [-0.1, -0.05) is 42.8 Å². The molecule has 0 saturated carbocycles. The number of aromatic amines is 1. The summed E-state index contributed by atoms with van der Waals surface area (Å²) >= 11 is 0. The lowest BCUT2D eigenvalue weighted by Gasteiger charge is -2.06. The molecule has 0 aliphatic rings. The van der Waals surface area contributed by atoms with Gasteiger partial charge >= 0.3 is 0 Å². The van der Waals surface area contributed by atoms with Crippen molar-refractivity contribution < 1.29 is 9.53 Å². The number of Topliss-reactive ketones (excluding diaryl/α,β-unsaturated/α-hetero) is 1. The molecule has 0 atom stereocenters. The molecule has 0 bridgehead atoms. The third-order valence-electron chi connectivity index (χ3n) is 3.54. The van der Waals surface area contributed by atoms with E-state index >= 15 is 0 Å². The molecule has 1 N–H and O–H groups in total. The Bertz CT molecular complexity index is 914. The van der Waals surface area contributed by atoms with Crippen LogP contribution in [0.3, 0.4) is 0 Å². The van der Waals surface area contributed by atoms with E-state index in [1.54, 1.807) is 6.07 Å². The van der Waals surface area contributed by atoms with Crippen LogP contribution in [-0.4, -0.2) is 10.8 Å². The fraction of sp³-hybridized carbons (Fsp3) is 0.0500. The topological polar surface area (TPSA) is 42.1 Å². The second kappa shape index (κ2) is 6.25. The summed E-state index contributed by atoms with van der Waals surface area (Å²) in [6, 6.07) is 17.4. The molecular weight excluding hydrogens is 286 g/mol. The van der Waals surface area contributed by atoms with E-state index in [0.29, 0.717) is 12.3 Å². The molecule has 0 aliphatic heterocycles. The second-order valence-electron chi connectivity index (χ2n) is 5.16. The molecule has 0 spiro atoms. The van der Waals surface area contributed by atoms with Gasteiger partial charge in [0.1, 0.15) is 12.4 Å². The summed E-state index contributed by atoms with van der Waals surface area (Å²) in [7, 11) is 0. The van der Waals surface area contributed by atoms with Gasteiger partial charge in [0.2, 0.25) is 5.78 Å². The Morgan fingerprint density at radius 2 is 1.96 bits per heavy atom. The summed E-state index contributed by atoms with van der Waals surface area (Å²) in [5, 5.41) is 0.922. The van der Waals surface area contributed by atoms with E-state index in [1.165, 1.54) is 0 Å². The number of terminal acetylenes is 1. The van der Waals surface area contributed by atoms with Crippen LogP contribution in [0.5, 0.6) is 5.75 Å². The number of hydrogen-bond acceptors (Lipinski definition) is 2. The fourth-order valence-corrected chi connectivity index (χ4v) is 2.29. The van der Waals surface area contributed by atoms with Gasteiger partial charge in [0.15, 0.2) is 0 Å². The quantitative estimate of drug-likeness (QED) is 0.437. The van der Waals surface area contributed by atoms with Gasteiger partial charge in [0.05, 0.1) is 11.3 Å². The van der Waals surface area contributed by atoms with Crippen LogP contribution in [0.2, 0.25) is 0 Å². The second-order valence-corrected chi connectivity index (χ2v) is 5.16. The first-order valence-corrected chi connectivity index (χ1v) is 7.17. The molecule has 3 aromatic rings. The van der Waals surface area contributed by atoms with Gasteiger partial charge in [-0.3, -0.25) is 4.79 Å². The standard InChI is InChI=1S/C20H15NO2/c1-3-14(2)20(22)19-11-16-9-10-17(12-18(16)21-19)23-13-15-7-5-4-6-8-15/h1,4-12,21H,2,13H2. The smallest absolute Gasteiger partial charge is 0.216 e. The summed E-state index contributed by atoms with van der Waals surface area (Å²) in [5.41, 5.74) is 2.49. The number of H-pyrrole nitrogens is 1. The Morgan fingerprint density at radius 1 is 1.17 bits per heavy atom. The third kappa shape index (κ3) is 3.17. The average molecular weight is 301 g/mol. The van der Waals surface area contributed by atoms with Gasteiger partial charge in [-0.2, -0.15) is 0 Å². The first-order chi connectivity index (χ1) is 11.2. The number of hydrogen-bond donors (Lipinski definition) is 1. The molecule has 0 saturated heterocycles. The number of carbonyl (C=O) groups excluding carboxylic acids is 1. The van der Waals surface area contributed by atoms with Gasteiger partial charge in [-0.15, -0.1) is 6.42 Å². The molecule has 3 nitrogen and oxygen atoms in total. The largest absolute Gasteiger partial charge is 0.489 e. The highest BCUT2D eigenvalue weighted by molar-refractivity contribution is 6.12. The fourth-order valence-electron chi connectivity index (χ4n) is 2.29. The van der Waals surface area contributed by atoms with Crippen molar-refractivity contribution in [1.29, 1.82) is 0 Å². The maximum atomic E-state index is 12.0. The number of nitrogens with one attached hydrogen (secondary N) is 1. The minimum absolute atomic E-state index is 0.136. The Balaban J connectivity index is 1.81. The van der Waals surface area contributed by atoms with Crippen LogP contribution in [0.25, 0.3) is 10.9 Å². The number of rotatable bonds is 5. The SMILES string of the molecule is C#CC(=C)C(=O)c1cc2ccc(OCc3ccccc3)cc2[nH]1. The Morgan fingerprint density at radius 3 is 2.70 bits per heavy atom. The lowest BCUT2D eigenvalue weighted by atomic mass is 10.1. The van der Waals surface area contributed by atoms with E-state index in [4.69, 9.17) is 11.2 Å². The van der Waals surface area contributed by atoms with Crippen molar-refractivity contribution in [3.8, 4) is 18.1 Å². The number of ether oxygens (including phenoxy) is 1. The normalized spacial score (nSPS) is 10.2. The summed E-state index contributed by atoms with van der Waals surface area (Å²) in [5.74, 6) is 2.73. The first kappa shape index (κ1) is 14.7. The molecule has 0 amide bonds. The lowest BCUT2D eigenvalue weighted by Crippen LogP contribution is -2.00. The maximum absolute atomic E-state index is 12.0. The molecule has 0 fully saturated rings. The predicted octanol–water partition coefficient (Wildman–Crippen LogP) is 4.12. The van der Waals surface area contributed by atoms with Crippen LogP contribution in [0.1, 0.15) is 16.1 Å². The zero-order valence-electron chi connectivity index (χ0n) is 12.5. The number of allylic oxidation sites excluding steroid dienone is 1. The summed E-state index contributed by atoms with van der Waals surface area (Å²) < 4.78 is 5.78. The Labute approximate surface area is 134 Å². The Hall–Kier alpha value is -3.25. The van der Waals surface area contributed by atoms with E-state index in [-0.39, 0.29) is 11.4 Å². The number of aromatic nitrogens is 1. The molecule has 1 aromatic heterocycles. The maximum Gasteiger partial charge on any atom is 0.216 e. The van der Waals surface area contributed by atoms with Crippen molar-refractivity contribution >= 4 is 16.7 Å². The van der Waals surface area contributed by atoms with Crippen molar-refractivity contribution in [2.45, 2.75) is 6.61 Å². The van der Waals surface area contributed by atoms with Gasteiger partial charge in [0, 0.05) is 17.0 Å². The summed E-state index contributed by atoms with van der Waals surface area (Å²) in [4.78, 5) is 15.1. The molecule has 0 unspecified atom stereocenters. The van der Waals surface area contributed by atoms with Gasteiger partial charge < -0.3 is 9.72 Å². The Kier molecular flexibility index (Phi) is 3.99. The third-order valence-corrected chi connectivity index (χ3v) is 3.54. The molecule has 1 heterocycles. The molecule has 0 radical (unpaired) electrons. The molecule has 3 heteroatoms. The minimum atomic E-state index is -0.268. The van der Waals surface area contributed by atoms with Crippen molar-refractivity contribution in [1.82, 2.24) is 4.98 Å². The zero-order chi connectivity index (χ0) is 16.2. The van der Waals surface area contributed by atoms with Crippen molar-refractivity contribution in [3.63, 3.8) is 0 Å². The minimum Gasteiger partial charge on any atom is -0.489 e. The van der Waals surface area contributed by atoms with E-state index in [2.05, 4.69) is 17.5 Å². The van der Waals surface area contributed by atoms with Crippen LogP contribution in [0.4, 0.5) is 0 Å². The molecule has 2 aromatic carbocycles. The number of ketones is 1. The number of fused-ring (bicyclic) bond motifs is 1. The average Bonchev–Trinajstić information content (AvgIpc) is 3.02. The van der Waals surface area contributed by atoms with Crippen molar-refractivity contribution in [2.24, 2.45) is 0 Å². The van der Waals surface area contributed by atoms with Gasteiger partial charge in [0.25, 0.3) is 0 Å². The van der Waals surface area contributed by atoms with E-state index in [1.807, 2.05) is 48.5 Å². The van der Waals surface area contributed by atoms with Crippen LogP contribution in [-0.2, 0) is 6.61 Å². The monoisotopic (exact) mass is 301 g/mol. The predicted molar refractivity (Wildman–Crippen MR) is 91.4 cm³/mol. The summed E-state index contributed by atoms with van der Waals surface area (Å²) in [6.07, 6.45) is 5.22.